The monoisotopic (exact) mass is 371 g/mol. The normalized spacial score (nSPS) is 20.1. The minimum Gasteiger partial charge on any atom is -0.545 e. The fourth-order valence-electron chi connectivity index (χ4n) is 3.99. The zero-order valence-electron chi connectivity index (χ0n) is 16.5. The number of carboxylic acids is 1. The molecule has 1 fully saturated rings. The van der Waals surface area contributed by atoms with E-state index in [-0.39, 0.29) is 36.5 Å². The number of carboxylic acid groups (broad SMARTS) is 1. The van der Waals surface area contributed by atoms with Gasteiger partial charge in [0.05, 0.1) is 5.97 Å². The van der Waals surface area contributed by atoms with Gasteiger partial charge < -0.3 is 19.2 Å². The summed E-state index contributed by atoms with van der Waals surface area (Å²) >= 11 is 0. The SMILES string of the molecule is C[C@H]1CN(Cc2ccccc2)C[C@H](C)N1c1nc2c(C(=O)[O-])cccc2o1.[Li+]. The van der Waals surface area contributed by atoms with E-state index in [1.165, 1.54) is 11.6 Å². The second-order valence-corrected chi connectivity index (χ2v) is 7.22. The quantitative estimate of drug-likeness (QED) is 0.565. The van der Waals surface area contributed by atoms with Gasteiger partial charge in [0.25, 0.3) is 6.01 Å². The van der Waals surface area contributed by atoms with Crippen LogP contribution in [0, 0.1) is 0 Å². The van der Waals surface area contributed by atoms with Gasteiger partial charge in [-0.25, -0.2) is 0 Å². The van der Waals surface area contributed by atoms with Gasteiger partial charge in [-0.3, -0.25) is 4.90 Å². The Labute approximate surface area is 176 Å². The summed E-state index contributed by atoms with van der Waals surface area (Å²) in [7, 11) is 0. The number of hydrogen-bond acceptors (Lipinski definition) is 6. The number of nitrogens with zero attached hydrogens (tertiary/aromatic N) is 3. The van der Waals surface area contributed by atoms with Crippen LogP contribution < -0.4 is 28.9 Å². The molecule has 1 aliphatic heterocycles. The largest absolute Gasteiger partial charge is 1.00 e. The van der Waals surface area contributed by atoms with Gasteiger partial charge in [0.2, 0.25) is 0 Å². The van der Waals surface area contributed by atoms with E-state index < -0.39 is 5.97 Å². The first-order chi connectivity index (χ1) is 13.0. The average molecular weight is 371 g/mol. The molecule has 0 unspecified atom stereocenters. The summed E-state index contributed by atoms with van der Waals surface area (Å²) in [4.78, 5) is 20.4. The average Bonchev–Trinajstić information content (AvgIpc) is 3.05. The maximum Gasteiger partial charge on any atom is 1.00 e. The van der Waals surface area contributed by atoms with Crippen molar-refractivity contribution in [3.8, 4) is 0 Å². The molecule has 4 rings (SSSR count). The van der Waals surface area contributed by atoms with Crippen LogP contribution in [0.3, 0.4) is 0 Å². The fraction of sp³-hybridized carbons (Fsp3) is 0.333. The van der Waals surface area contributed by atoms with E-state index in [1.807, 2.05) is 6.07 Å². The third kappa shape index (κ3) is 3.95. The molecule has 0 N–H and O–H groups in total. The smallest absolute Gasteiger partial charge is 0.545 e. The number of benzene rings is 2. The van der Waals surface area contributed by atoms with Gasteiger partial charge in [0.15, 0.2) is 5.58 Å². The number of piperazine rings is 1. The second-order valence-electron chi connectivity index (χ2n) is 7.22. The van der Waals surface area contributed by atoms with Crippen molar-refractivity contribution in [3.63, 3.8) is 0 Å². The molecule has 7 heteroatoms. The molecule has 0 bridgehead atoms. The molecule has 1 aromatic heterocycles. The Hall–Kier alpha value is -2.26. The van der Waals surface area contributed by atoms with Gasteiger partial charge in [-0.15, -0.1) is 0 Å². The minimum atomic E-state index is -1.24. The molecule has 28 heavy (non-hydrogen) atoms. The summed E-state index contributed by atoms with van der Waals surface area (Å²) < 4.78 is 5.90. The third-order valence-electron chi connectivity index (χ3n) is 5.09. The van der Waals surface area contributed by atoms with Crippen molar-refractivity contribution in [3.05, 3.63) is 59.7 Å². The van der Waals surface area contributed by atoms with Gasteiger partial charge in [-0.1, -0.05) is 42.5 Å². The van der Waals surface area contributed by atoms with E-state index in [1.54, 1.807) is 12.1 Å². The molecule has 2 atom stereocenters. The van der Waals surface area contributed by atoms with Crippen LogP contribution in [-0.4, -0.2) is 41.0 Å². The molecule has 0 spiro atoms. The van der Waals surface area contributed by atoms with E-state index in [4.69, 9.17) is 4.42 Å². The van der Waals surface area contributed by atoms with Crippen molar-refractivity contribution >= 4 is 23.1 Å². The number of rotatable bonds is 4. The summed E-state index contributed by atoms with van der Waals surface area (Å²) in [5, 5.41) is 11.3. The first kappa shape index (κ1) is 20.5. The summed E-state index contributed by atoms with van der Waals surface area (Å²) in [6.07, 6.45) is 0. The van der Waals surface area contributed by atoms with Crippen molar-refractivity contribution < 1.29 is 33.2 Å². The van der Waals surface area contributed by atoms with Gasteiger partial charge in [-0.05, 0) is 25.5 Å². The van der Waals surface area contributed by atoms with Crippen molar-refractivity contribution in [1.29, 1.82) is 0 Å². The first-order valence-electron chi connectivity index (χ1n) is 9.18. The summed E-state index contributed by atoms with van der Waals surface area (Å²) in [5.41, 5.74) is 2.17. The molecule has 3 aromatic rings. The Bertz CT molecular complexity index is 948. The topological polar surface area (TPSA) is 72.6 Å². The van der Waals surface area contributed by atoms with Crippen LogP contribution in [0.5, 0.6) is 0 Å². The van der Waals surface area contributed by atoms with E-state index >= 15 is 0 Å². The number of aromatic nitrogens is 1. The van der Waals surface area contributed by atoms with Gasteiger partial charge >= 0.3 is 18.9 Å². The zero-order chi connectivity index (χ0) is 19.0. The predicted octanol–water partition coefficient (Wildman–Crippen LogP) is -0.705. The van der Waals surface area contributed by atoms with Crippen LogP contribution in [0.15, 0.2) is 52.9 Å². The van der Waals surface area contributed by atoms with Gasteiger partial charge in [0, 0.05) is 37.3 Å². The van der Waals surface area contributed by atoms with Crippen LogP contribution >= 0.6 is 0 Å². The third-order valence-corrected chi connectivity index (χ3v) is 5.09. The van der Waals surface area contributed by atoms with Crippen molar-refractivity contribution in [1.82, 2.24) is 9.88 Å². The Morgan fingerprint density at radius 1 is 1.11 bits per heavy atom. The number of anilines is 1. The number of para-hydroxylation sites is 1. The van der Waals surface area contributed by atoms with Crippen LogP contribution in [0.2, 0.25) is 0 Å². The van der Waals surface area contributed by atoms with E-state index in [0.29, 0.717) is 17.1 Å². The van der Waals surface area contributed by atoms with Crippen molar-refractivity contribution in [2.45, 2.75) is 32.5 Å². The molecule has 2 aromatic carbocycles. The maximum atomic E-state index is 11.3. The molecule has 0 saturated carbocycles. The Kier molecular flexibility index (Phi) is 6.14. The number of carbonyl (C=O) groups is 1. The van der Waals surface area contributed by atoms with Crippen LogP contribution in [0.1, 0.15) is 29.8 Å². The number of oxazole rings is 1. The van der Waals surface area contributed by atoms with E-state index in [0.717, 1.165) is 19.6 Å². The van der Waals surface area contributed by atoms with Gasteiger partial charge in [-0.2, -0.15) is 4.98 Å². The Morgan fingerprint density at radius 3 is 2.43 bits per heavy atom. The number of hydrogen-bond donors (Lipinski definition) is 0. The predicted molar refractivity (Wildman–Crippen MR) is 101 cm³/mol. The summed E-state index contributed by atoms with van der Waals surface area (Å²) in [6.45, 7) is 6.95. The van der Waals surface area contributed by atoms with Crippen LogP contribution in [-0.2, 0) is 6.54 Å². The number of aromatic carboxylic acids is 1. The van der Waals surface area contributed by atoms with Crippen molar-refractivity contribution in [2.75, 3.05) is 18.0 Å². The van der Waals surface area contributed by atoms with Crippen LogP contribution in [0.4, 0.5) is 6.01 Å². The molecule has 0 radical (unpaired) electrons. The molecule has 6 nitrogen and oxygen atoms in total. The molecule has 1 aliphatic rings. The summed E-state index contributed by atoms with van der Waals surface area (Å²) in [5.74, 6) is -1.24. The first-order valence-corrected chi connectivity index (χ1v) is 9.18. The molecule has 1 saturated heterocycles. The Balaban J connectivity index is 0.00000225. The minimum absolute atomic E-state index is 0. The molecule has 0 amide bonds. The maximum absolute atomic E-state index is 11.3. The molecule has 0 aliphatic carbocycles. The fourth-order valence-corrected chi connectivity index (χ4v) is 3.99. The number of fused-ring (bicyclic) bond motifs is 1. The molecule has 2 heterocycles. The van der Waals surface area contributed by atoms with E-state index in [2.05, 4.69) is 52.9 Å². The number of carbonyl (C=O) groups excluding carboxylic acids is 1. The van der Waals surface area contributed by atoms with E-state index in [9.17, 15) is 9.90 Å². The second kappa shape index (κ2) is 8.40. The van der Waals surface area contributed by atoms with Crippen LogP contribution in [0.25, 0.3) is 11.1 Å². The van der Waals surface area contributed by atoms with Gasteiger partial charge in [0.1, 0.15) is 5.52 Å². The Morgan fingerprint density at radius 2 is 1.79 bits per heavy atom. The zero-order valence-corrected chi connectivity index (χ0v) is 16.5. The summed E-state index contributed by atoms with van der Waals surface area (Å²) in [6, 6.07) is 16.2. The standard InChI is InChI=1S/C21H23N3O3.Li/c1-14-11-23(13-16-7-4-3-5-8-16)12-15(2)24(14)21-22-19-17(20(25)26)9-6-10-18(19)27-21;/h3-10,14-15H,11-13H2,1-2H3,(H,25,26);/q;+1/p-1/t14-,15-;/m0./s1. The van der Waals surface area contributed by atoms with Crippen molar-refractivity contribution in [2.24, 2.45) is 0 Å². The molecular formula is C21H22LiN3O3. The molecular weight excluding hydrogens is 349 g/mol. The molecule has 140 valence electrons.